The zero-order valence-electron chi connectivity index (χ0n) is 9.74. The van der Waals surface area contributed by atoms with Crippen LogP contribution < -0.4 is 5.73 Å². The second-order valence-electron chi connectivity index (χ2n) is 3.97. The summed E-state index contributed by atoms with van der Waals surface area (Å²) < 4.78 is 5.02. The number of rotatable bonds is 2. The maximum atomic E-state index is 5.44. The normalized spacial score (nSPS) is 10.8. The Hall–Kier alpha value is -1.68. The van der Waals surface area contributed by atoms with Crippen molar-refractivity contribution in [1.29, 1.82) is 0 Å². The van der Waals surface area contributed by atoms with Crippen molar-refractivity contribution < 1.29 is 4.52 Å². The van der Waals surface area contributed by atoms with Crippen LogP contribution in [0.15, 0.2) is 16.7 Å². The van der Waals surface area contributed by atoms with E-state index in [1.807, 2.05) is 0 Å². The molecule has 2 aromatic rings. The molecule has 0 aliphatic carbocycles. The molecule has 4 heteroatoms. The van der Waals surface area contributed by atoms with Crippen molar-refractivity contribution in [3.05, 3.63) is 34.7 Å². The Labute approximate surface area is 94.5 Å². The lowest BCUT2D eigenvalue weighted by Crippen LogP contribution is -1.96. The third-order valence-corrected chi connectivity index (χ3v) is 2.70. The second kappa shape index (κ2) is 4.06. The number of nitrogens with two attached hydrogens (primary N) is 1. The van der Waals surface area contributed by atoms with Gasteiger partial charge in [0, 0.05) is 5.56 Å². The topological polar surface area (TPSA) is 64.9 Å². The number of benzene rings is 1. The summed E-state index contributed by atoms with van der Waals surface area (Å²) in [6, 6.07) is 4.20. The third-order valence-electron chi connectivity index (χ3n) is 2.70. The fourth-order valence-electron chi connectivity index (χ4n) is 1.72. The summed E-state index contributed by atoms with van der Waals surface area (Å²) in [5.74, 6) is 1.08. The molecule has 0 saturated carbocycles. The van der Waals surface area contributed by atoms with Crippen LogP contribution in [-0.4, -0.2) is 10.1 Å². The molecule has 0 atom stereocenters. The zero-order valence-corrected chi connectivity index (χ0v) is 9.74. The summed E-state index contributed by atoms with van der Waals surface area (Å²) in [5.41, 5.74) is 10.1. The van der Waals surface area contributed by atoms with Crippen LogP contribution in [-0.2, 0) is 6.54 Å². The average Bonchev–Trinajstić information content (AvgIpc) is 2.71. The van der Waals surface area contributed by atoms with Crippen molar-refractivity contribution in [2.75, 3.05) is 0 Å². The van der Waals surface area contributed by atoms with Crippen molar-refractivity contribution in [2.24, 2.45) is 5.73 Å². The molecule has 0 unspecified atom stereocenters. The van der Waals surface area contributed by atoms with Crippen LogP contribution in [0.2, 0.25) is 0 Å². The Morgan fingerprint density at radius 2 is 2.00 bits per heavy atom. The van der Waals surface area contributed by atoms with Crippen LogP contribution in [0.5, 0.6) is 0 Å². The van der Waals surface area contributed by atoms with Crippen LogP contribution in [0.4, 0.5) is 0 Å². The number of aromatic nitrogens is 2. The standard InChI is InChI=1S/C12H15N3O/c1-7-4-8(2)9(3)10(5-7)12-14-11(6-13)16-15-12/h4-5H,6,13H2,1-3H3. The molecular formula is C12H15N3O. The van der Waals surface area contributed by atoms with Crippen molar-refractivity contribution in [1.82, 2.24) is 10.1 Å². The summed E-state index contributed by atoms with van der Waals surface area (Å²) in [4.78, 5) is 4.24. The summed E-state index contributed by atoms with van der Waals surface area (Å²) >= 11 is 0. The van der Waals surface area contributed by atoms with Gasteiger partial charge in [0.1, 0.15) is 0 Å². The van der Waals surface area contributed by atoms with Crippen LogP contribution >= 0.6 is 0 Å². The Morgan fingerprint density at radius 1 is 1.25 bits per heavy atom. The van der Waals surface area contributed by atoms with Crippen LogP contribution in [0.3, 0.4) is 0 Å². The highest BCUT2D eigenvalue weighted by atomic mass is 16.5. The lowest BCUT2D eigenvalue weighted by atomic mass is 10.00. The van der Waals surface area contributed by atoms with Gasteiger partial charge in [0.2, 0.25) is 11.7 Å². The Kier molecular flexibility index (Phi) is 2.75. The van der Waals surface area contributed by atoms with Gasteiger partial charge in [-0.1, -0.05) is 16.8 Å². The molecule has 0 aliphatic rings. The summed E-state index contributed by atoms with van der Waals surface area (Å²) in [5, 5.41) is 3.93. The molecule has 84 valence electrons. The van der Waals surface area contributed by atoms with E-state index in [1.54, 1.807) is 0 Å². The first-order valence-electron chi connectivity index (χ1n) is 5.22. The van der Waals surface area contributed by atoms with Gasteiger partial charge in [-0.2, -0.15) is 4.98 Å². The minimum atomic E-state index is 0.275. The van der Waals surface area contributed by atoms with Crippen molar-refractivity contribution >= 4 is 0 Å². The molecule has 0 spiro atoms. The van der Waals surface area contributed by atoms with Crippen LogP contribution in [0.25, 0.3) is 11.4 Å². The predicted octanol–water partition coefficient (Wildman–Crippen LogP) is 2.12. The lowest BCUT2D eigenvalue weighted by molar-refractivity contribution is 0.380. The van der Waals surface area contributed by atoms with Crippen molar-refractivity contribution in [3.8, 4) is 11.4 Å². The molecule has 1 aromatic carbocycles. The first-order chi connectivity index (χ1) is 7.61. The van der Waals surface area contributed by atoms with Crippen LogP contribution in [0.1, 0.15) is 22.6 Å². The van der Waals surface area contributed by atoms with Gasteiger partial charge >= 0.3 is 0 Å². The molecule has 0 bridgehead atoms. The smallest absolute Gasteiger partial charge is 0.240 e. The number of hydrogen-bond donors (Lipinski definition) is 1. The molecule has 0 saturated heterocycles. The highest BCUT2D eigenvalue weighted by molar-refractivity contribution is 5.62. The molecule has 1 aromatic heterocycles. The van der Waals surface area contributed by atoms with Crippen LogP contribution in [0, 0.1) is 20.8 Å². The van der Waals surface area contributed by atoms with E-state index in [2.05, 4.69) is 43.0 Å². The van der Waals surface area contributed by atoms with E-state index in [4.69, 9.17) is 10.3 Å². The van der Waals surface area contributed by atoms with E-state index < -0.39 is 0 Å². The van der Waals surface area contributed by atoms with Gasteiger partial charge in [0.15, 0.2) is 0 Å². The molecule has 2 rings (SSSR count). The largest absolute Gasteiger partial charge is 0.338 e. The van der Waals surface area contributed by atoms with E-state index in [0.717, 1.165) is 5.56 Å². The number of nitrogens with zero attached hydrogens (tertiary/aromatic N) is 2. The fourth-order valence-corrected chi connectivity index (χ4v) is 1.72. The first kappa shape index (κ1) is 10.8. The van der Waals surface area contributed by atoms with E-state index in [0.29, 0.717) is 11.7 Å². The monoisotopic (exact) mass is 217 g/mol. The van der Waals surface area contributed by atoms with E-state index in [-0.39, 0.29) is 6.54 Å². The first-order valence-corrected chi connectivity index (χ1v) is 5.22. The molecule has 0 fully saturated rings. The van der Waals surface area contributed by atoms with Gasteiger partial charge < -0.3 is 10.3 Å². The zero-order chi connectivity index (χ0) is 11.7. The average molecular weight is 217 g/mol. The molecule has 1 heterocycles. The lowest BCUT2D eigenvalue weighted by Gasteiger charge is -2.06. The van der Waals surface area contributed by atoms with Gasteiger partial charge in [-0.15, -0.1) is 0 Å². The molecule has 0 radical (unpaired) electrons. The van der Waals surface area contributed by atoms with Gasteiger partial charge in [0.05, 0.1) is 6.54 Å². The molecule has 2 N–H and O–H groups in total. The number of aryl methyl sites for hydroxylation is 2. The predicted molar refractivity (Wildman–Crippen MR) is 61.8 cm³/mol. The van der Waals surface area contributed by atoms with Crippen molar-refractivity contribution in [2.45, 2.75) is 27.3 Å². The summed E-state index contributed by atoms with van der Waals surface area (Å²) in [6.07, 6.45) is 0. The summed E-state index contributed by atoms with van der Waals surface area (Å²) in [6.45, 7) is 6.47. The van der Waals surface area contributed by atoms with Gasteiger partial charge in [-0.05, 0) is 38.0 Å². The van der Waals surface area contributed by atoms with Gasteiger partial charge in [-0.3, -0.25) is 0 Å². The quantitative estimate of drug-likeness (QED) is 0.836. The Bertz CT molecular complexity index is 517. The molecular weight excluding hydrogens is 202 g/mol. The minimum Gasteiger partial charge on any atom is -0.338 e. The van der Waals surface area contributed by atoms with E-state index >= 15 is 0 Å². The highest BCUT2D eigenvalue weighted by Gasteiger charge is 2.11. The minimum absolute atomic E-state index is 0.275. The maximum absolute atomic E-state index is 5.44. The third kappa shape index (κ3) is 1.84. The molecule has 0 amide bonds. The second-order valence-corrected chi connectivity index (χ2v) is 3.97. The SMILES string of the molecule is Cc1cc(C)c(C)c(-c2noc(CN)n2)c1. The van der Waals surface area contributed by atoms with E-state index in [9.17, 15) is 0 Å². The fraction of sp³-hybridized carbons (Fsp3) is 0.333. The highest BCUT2D eigenvalue weighted by Crippen LogP contribution is 2.24. The Morgan fingerprint density at radius 3 is 2.62 bits per heavy atom. The van der Waals surface area contributed by atoms with Crippen molar-refractivity contribution in [3.63, 3.8) is 0 Å². The molecule has 4 nitrogen and oxygen atoms in total. The Balaban J connectivity index is 2.54. The van der Waals surface area contributed by atoms with Gasteiger partial charge in [0.25, 0.3) is 0 Å². The maximum Gasteiger partial charge on any atom is 0.240 e. The molecule has 0 aliphatic heterocycles. The van der Waals surface area contributed by atoms with E-state index in [1.165, 1.54) is 16.7 Å². The number of hydrogen-bond acceptors (Lipinski definition) is 4. The summed E-state index contributed by atoms with van der Waals surface area (Å²) in [7, 11) is 0. The molecule has 16 heavy (non-hydrogen) atoms. The van der Waals surface area contributed by atoms with Gasteiger partial charge in [-0.25, -0.2) is 0 Å².